The van der Waals surface area contributed by atoms with Crippen LogP contribution >= 0.6 is 0 Å². The van der Waals surface area contributed by atoms with Gasteiger partial charge >= 0.3 is 0 Å². The van der Waals surface area contributed by atoms with Crippen molar-refractivity contribution in [3.63, 3.8) is 0 Å². The first-order chi connectivity index (χ1) is 9.70. The van der Waals surface area contributed by atoms with E-state index in [9.17, 15) is 0 Å². The molecule has 1 N–H and O–H groups in total. The van der Waals surface area contributed by atoms with Crippen LogP contribution in [0.5, 0.6) is 0 Å². The predicted octanol–water partition coefficient (Wildman–Crippen LogP) is 2.13. The molecule has 4 heteroatoms. The van der Waals surface area contributed by atoms with Crippen LogP contribution in [0.1, 0.15) is 19.2 Å². The molecule has 2 heterocycles. The van der Waals surface area contributed by atoms with Gasteiger partial charge in [-0.2, -0.15) is 0 Å². The Kier molecular flexibility index (Phi) is 3.76. The highest BCUT2D eigenvalue weighted by molar-refractivity contribution is 5.75. The molecule has 0 saturated carbocycles. The van der Waals surface area contributed by atoms with Crippen LogP contribution in [0.25, 0.3) is 11.0 Å². The summed E-state index contributed by atoms with van der Waals surface area (Å²) in [5.41, 5.74) is 2.28. The van der Waals surface area contributed by atoms with Crippen LogP contribution in [0.4, 0.5) is 0 Å². The Bertz CT molecular complexity index is 592. The number of imidazole rings is 1. The summed E-state index contributed by atoms with van der Waals surface area (Å²) in [6.45, 7) is 3.06. The zero-order valence-electron chi connectivity index (χ0n) is 12.5. The van der Waals surface area contributed by atoms with E-state index in [4.69, 9.17) is 9.72 Å². The SMILES string of the molecule is CNC(Cc1nc2ccccc2n1C)C1CCOC1C. The van der Waals surface area contributed by atoms with Crippen LogP contribution in [0.15, 0.2) is 24.3 Å². The number of aryl methyl sites for hydroxylation is 1. The topological polar surface area (TPSA) is 39.1 Å². The van der Waals surface area contributed by atoms with Crippen LogP contribution in [0, 0.1) is 5.92 Å². The number of fused-ring (bicyclic) bond motifs is 1. The Hall–Kier alpha value is -1.39. The van der Waals surface area contributed by atoms with E-state index in [0.29, 0.717) is 18.1 Å². The molecule has 1 aliphatic heterocycles. The molecule has 3 rings (SSSR count). The van der Waals surface area contributed by atoms with Crippen LogP contribution in [0.3, 0.4) is 0 Å². The first kappa shape index (κ1) is 13.6. The van der Waals surface area contributed by atoms with Gasteiger partial charge in [0, 0.05) is 32.0 Å². The van der Waals surface area contributed by atoms with Gasteiger partial charge in [0.05, 0.1) is 17.1 Å². The largest absolute Gasteiger partial charge is 0.378 e. The van der Waals surface area contributed by atoms with E-state index in [1.807, 2.05) is 13.1 Å². The molecule has 1 aromatic carbocycles. The van der Waals surface area contributed by atoms with Crippen molar-refractivity contribution in [3.8, 4) is 0 Å². The Balaban J connectivity index is 1.85. The summed E-state index contributed by atoms with van der Waals surface area (Å²) in [6, 6.07) is 8.73. The number of ether oxygens (including phenoxy) is 1. The molecular weight excluding hydrogens is 250 g/mol. The van der Waals surface area contributed by atoms with Crippen molar-refractivity contribution < 1.29 is 4.74 Å². The maximum Gasteiger partial charge on any atom is 0.111 e. The van der Waals surface area contributed by atoms with Gasteiger partial charge in [0.1, 0.15) is 5.82 Å². The average Bonchev–Trinajstić information content (AvgIpc) is 3.01. The summed E-state index contributed by atoms with van der Waals surface area (Å²) in [7, 11) is 4.14. The predicted molar refractivity (Wildman–Crippen MR) is 80.8 cm³/mol. The van der Waals surface area contributed by atoms with E-state index < -0.39 is 0 Å². The van der Waals surface area contributed by atoms with Crippen LogP contribution in [0.2, 0.25) is 0 Å². The fraction of sp³-hybridized carbons (Fsp3) is 0.562. The minimum atomic E-state index is 0.335. The molecule has 0 radical (unpaired) electrons. The first-order valence-corrected chi connectivity index (χ1v) is 7.40. The molecule has 0 spiro atoms. The highest BCUT2D eigenvalue weighted by atomic mass is 16.5. The molecule has 3 unspecified atom stereocenters. The molecule has 108 valence electrons. The van der Waals surface area contributed by atoms with Gasteiger partial charge in [-0.15, -0.1) is 0 Å². The molecule has 1 fully saturated rings. The third-order valence-corrected chi connectivity index (χ3v) is 4.60. The third-order valence-electron chi connectivity index (χ3n) is 4.60. The molecule has 20 heavy (non-hydrogen) atoms. The maximum atomic E-state index is 5.71. The standard InChI is InChI=1S/C16H23N3O/c1-11-12(8-9-20-11)14(17-2)10-16-18-13-6-4-5-7-15(13)19(16)3/h4-7,11-12,14,17H,8-10H2,1-3H3. The molecule has 1 aliphatic rings. The van der Waals surface area contributed by atoms with Gasteiger partial charge in [0.15, 0.2) is 0 Å². The lowest BCUT2D eigenvalue weighted by Gasteiger charge is -2.25. The minimum Gasteiger partial charge on any atom is -0.378 e. The third kappa shape index (κ3) is 2.34. The second-order valence-electron chi connectivity index (χ2n) is 5.70. The van der Waals surface area contributed by atoms with Gasteiger partial charge in [-0.3, -0.25) is 0 Å². The molecule has 3 atom stereocenters. The molecule has 1 aromatic heterocycles. The Morgan fingerprint density at radius 3 is 2.90 bits per heavy atom. The zero-order chi connectivity index (χ0) is 14.1. The lowest BCUT2D eigenvalue weighted by molar-refractivity contribution is 0.0960. The Morgan fingerprint density at radius 1 is 1.45 bits per heavy atom. The number of rotatable bonds is 4. The number of aromatic nitrogens is 2. The maximum absolute atomic E-state index is 5.71. The van der Waals surface area contributed by atoms with Crippen molar-refractivity contribution in [2.45, 2.75) is 31.9 Å². The summed E-state index contributed by atoms with van der Waals surface area (Å²) in [6.07, 6.45) is 2.42. The number of likely N-dealkylation sites (N-methyl/N-ethyl adjacent to an activating group) is 1. The van der Waals surface area contributed by atoms with E-state index in [2.05, 4.69) is 42.1 Å². The number of para-hydroxylation sites is 2. The highest BCUT2D eigenvalue weighted by Crippen LogP contribution is 2.26. The molecule has 1 saturated heterocycles. The normalized spacial score (nSPS) is 24.4. The monoisotopic (exact) mass is 273 g/mol. The van der Waals surface area contributed by atoms with Gasteiger partial charge in [-0.05, 0) is 32.5 Å². The van der Waals surface area contributed by atoms with Crippen molar-refractivity contribution in [2.24, 2.45) is 13.0 Å². The van der Waals surface area contributed by atoms with E-state index >= 15 is 0 Å². The molecule has 0 bridgehead atoms. The van der Waals surface area contributed by atoms with Crippen molar-refractivity contribution >= 4 is 11.0 Å². The van der Waals surface area contributed by atoms with Crippen molar-refractivity contribution in [1.82, 2.24) is 14.9 Å². The number of hydrogen-bond acceptors (Lipinski definition) is 3. The molecule has 0 amide bonds. The number of nitrogens with one attached hydrogen (secondary N) is 1. The van der Waals surface area contributed by atoms with Crippen LogP contribution < -0.4 is 5.32 Å². The Morgan fingerprint density at radius 2 is 2.25 bits per heavy atom. The second kappa shape index (κ2) is 5.54. The number of benzene rings is 1. The zero-order valence-corrected chi connectivity index (χ0v) is 12.5. The van der Waals surface area contributed by atoms with Gasteiger partial charge in [0.2, 0.25) is 0 Å². The van der Waals surface area contributed by atoms with Gasteiger partial charge in [0.25, 0.3) is 0 Å². The molecule has 2 aromatic rings. The number of nitrogens with zero attached hydrogens (tertiary/aromatic N) is 2. The first-order valence-electron chi connectivity index (χ1n) is 7.40. The van der Waals surface area contributed by atoms with Crippen LogP contribution in [-0.2, 0) is 18.2 Å². The highest BCUT2D eigenvalue weighted by Gasteiger charge is 2.31. The van der Waals surface area contributed by atoms with Crippen molar-refractivity contribution in [2.75, 3.05) is 13.7 Å². The van der Waals surface area contributed by atoms with Gasteiger partial charge in [-0.25, -0.2) is 4.98 Å². The smallest absolute Gasteiger partial charge is 0.111 e. The molecule has 4 nitrogen and oxygen atoms in total. The minimum absolute atomic E-state index is 0.335. The quantitative estimate of drug-likeness (QED) is 0.927. The van der Waals surface area contributed by atoms with E-state index in [0.717, 1.165) is 30.8 Å². The summed E-state index contributed by atoms with van der Waals surface area (Å²) in [5.74, 6) is 1.71. The van der Waals surface area contributed by atoms with E-state index in [1.165, 1.54) is 5.52 Å². The van der Waals surface area contributed by atoms with Gasteiger partial charge < -0.3 is 14.6 Å². The summed E-state index contributed by atoms with van der Waals surface area (Å²) in [4.78, 5) is 4.78. The van der Waals surface area contributed by atoms with E-state index in [-0.39, 0.29) is 0 Å². The average molecular weight is 273 g/mol. The van der Waals surface area contributed by atoms with Crippen LogP contribution in [-0.4, -0.2) is 35.4 Å². The summed E-state index contributed by atoms with van der Waals surface area (Å²) < 4.78 is 7.92. The second-order valence-corrected chi connectivity index (χ2v) is 5.70. The summed E-state index contributed by atoms with van der Waals surface area (Å²) in [5, 5.41) is 3.46. The van der Waals surface area contributed by atoms with Crippen molar-refractivity contribution in [1.29, 1.82) is 0 Å². The lowest BCUT2D eigenvalue weighted by atomic mass is 9.91. The van der Waals surface area contributed by atoms with E-state index in [1.54, 1.807) is 0 Å². The fourth-order valence-corrected chi connectivity index (χ4v) is 3.32. The lowest BCUT2D eigenvalue weighted by Crippen LogP contribution is -2.39. The Labute approximate surface area is 120 Å². The summed E-state index contributed by atoms with van der Waals surface area (Å²) >= 11 is 0. The fourth-order valence-electron chi connectivity index (χ4n) is 3.32. The molecule has 0 aliphatic carbocycles. The molecular formula is C16H23N3O. The van der Waals surface area contributed by atoms with Crippen molar-refractivity contribution in [3.05, 3.63) is 30.1 Å². The van der Waals surface area contributed by atoms with Gasteiger partial charge in [-0.1, -0.05) is 12.1 Å². The number of hydrogen-bond donors (Lipinski definition) is 1.